The first-order chi connectivity index (χ1) is 9.06. The zero-order chi connectivity index (χ0) is 14.0. The highest BCUT2D eigenvalue weighted by molar-refractivity contribution is 9.09. The number of benzene rings is 1. The van der Waals surface area contributed by atoms with E-state index in [0.29, 0.717) is 10.6 Å². The SMILES string of the molecule is CCC1(C)C(Br)CC1Oc1c(OC)cccc1OC. The van der Waals surface area contributed by atoms with Crippen molar-refractivity contribution in [2.24, 2.45) is 5.41 Å². The number of ether oxygens (including phenoxy) is 3. The molecule has 1 fully saturated rings. The van der Waals surface area contributed by atoms with Gasteiger partial charge in [-0.2, -0.15) is 0 Å². The highest BCUT2D eigenvalue weighted by Gasteiger charge is 2.51. The van der Waals surface area contributed by atoms with E-state index in [1.54, 1.807) is 14.2 Å². The van der Waals surface area contributed by atoms with Crippen LogP contribution in [0.3, 0.4) is 0 Å². The van der Waals surface area contributed by atoms with Crippen molar-refractivity contribution in [3.63, 3.8) is 0 Å². The van der Waals surface area contributed by atoms with Crippen molar-refractivity contribution in [3.05, 3.63) is 18.2 Å². The maximum atomic E-state index is 6.19. The van der Waals surface area contributed by atoms with Crippen molar-refractivity contribution in [1.29, 1.82) is 0 Å². The van der Waals surface area contributed by atoms with E-state index < -0.39 is 0 Å². The molecule has 1 aromatic carbocycles. The van der Waals surface area contributed by atoms with Gasteiger partial charge in [-0.1, -0.05) is 35.8 Å². The van der Waals surface area contributed by atoms with Crippen LogP contribution in [0, 0.1) is 5.41 Å². The Kier molecular flexibility index (Phi) is 4.29. The fourth-order valence-corrected chi connectivity index (χ4v) is 3.43. The predicted octanol–water partition coefficient (Wildman–Crippen LogP) is 4.03. The first-order valence-electron chi connectivity index (χ1n) is 6.58. The fraction of sp³-hybridized carbons (Fsp3) is 0.600. The van der Waals surface area contributed by atoms with E-state index in [1.165, 1.54) is 0 Å². The lowest BCUT2D eigenvalue weighted by Crippen LogP contribution is -2.54. The van der Waals surface area contributed by atoms with Crippen molar-refractivity contribution in [2.75, 3.05) is 14.2 Å². The normalized spacial score (nSPS) is 29.5. The maximum Gasteiger partial charge on any atom is 0.203 e. The quantitative estimate of drug-likeness (QED) is 0.763. The predicted molar refractivity (Wildman–Crippen MR) is 79.7 cm³/mol. The largest absolute Gasteiger partial charge is 0.493 e. The van der Waals surface area contributed by atoms with E-state index in [2.05, 4.69) is 29.8 Å². The molecule has 0 aromatic heterocycles. The number of halogens is 1. The summed E-state index contributed by atoms with van der Waals surface area (Å²) in [5, 5.41) is 0. The average molecular weight is 329 g/mol. The van der Waals surface area contributed by atoms with E-state index in [0.717, 1.165) is 24.3 Å². The fourth-order valence-electron chi connectivity index (χ4n) is 2.48. The van der Waals surface area contributed by atoms with Crippen LogP contribution in [-0.4, -0.2) is 25.2 Å². The summed E-state index contributed by atoms with van der Waals surface area (Å²) in [6.45, 7) is 4.45. The summed E-state index contributed by atoms with van der Waals surface area (Å²) in [6.07, 6.45) is 2.27. The minimum absolute atomic E-state index is 0.159. The lowest BCUT2D eigenvalue weighted by Gasteiger charge is -2.50. The van der Waals surface area contributed by atoms with Crippen LogP contribution in [-0.2, 0) is 0 Å². The standard InChI is InChI=1S/C15H21BrO3/c1-5-15(2)12(16)9-13(15)19-14-10(17-3)7-6-8-11(14)18-4/h6-8,12-13H,5,9H2,1-4H3. The molecule has 0 heterocycles. The smallest absolute Gasteiger partial charge is 0.203 e. The van der Waals surface area contributed by atoms with Crippen molar-refractivity contribution in [2.45, 2.75) is 37.6 Å². The van der Waals surface area contributed by atoms with Crippen molar-refractivity contribution in [1.82, 2.24) is 0 Å². The molecule has 0 amide bonds. The van der Waals surface area contributed by atoms with Crippen LogP contribution in [0.15, 0.2) is 18.2 Å². The molecule has 0 spiro atoms. The number of alkyl halides is 1. The van der Waals surface area contributed by atoms with E-state index in [-0.39, 0.29) is 11.5 Å². The van der Waals surface area contributed by atoms with Gasteiger partial charge in [-0.25, -0.2) is 0 Å². The Hall–Kier alpha value is -0.900. The second-order valence-corrected chi connectivity index (χ2v) is 6.27. The monoisotopic (exact) mass is 328 g/mol. The van der Waals surface area contributed by atoms with Gasteiger partial charge >= 0.3 is 0 Å². The van der Waals surface area contributed by atoms with Gasteiger partial charge in [0.05, 0.1) is 14.2 Å². The third-order valence-corrected chi connectivity index (χ3v) is 5.70. The Morgan fingerprint density at radius 2 is 1.84 bits per heavy atom. The Labute approximate surface area is 123 Å². The molecule has 1 aliphatic rings. The number of hydrogen-bond acceptors (Lipinski definition) is 3. The zero-order valence-electron chi connectivity index (χ0n) is 11.9. The summed E-state index contributed by atoms with van der Waals surface area (Å²) >= 11 is 3.73. The third kappa shape index (κ3) is 2.42. The van der Waals surface area contributed by atoms with Crippen molar-refractivity contribution < 1.29 is 14.2 Å². The van der Waals surface area contributed by atoms with Gasteiger partial charge in [-0.05, 0) is 25.0 Å². The van der Waals surface area contributed by atoms with E-state index >= 15 is 0 Å². The topological polar surface area (TPSA) is 27.7 Å². The van der Waals surface area contributed by atoms with Crippen LogP contribution in [0.2, 0.25) is 0 Å². The summed E-state index contributed by atoms with van der Waals surface area (Å²) in [6, 6.07) is 5.69. The molecule has 3 nitrogen and oxygen atoms in total. The first kappa shape index (κ1) is 14.5. The molecule has 4 heteroatoms. The number of methoxy groups -OCH3 is 2. The van der Waals surface area contributed by atoms with E-state index in [1.807, 2.05) is 18.2 Å². The van der Waals surface area contributed by atoms with Gasteiger partial charge in [-0.3, -0.25) is 0 Å². The van der Waals surface area contributed by atoms with Gasteiger partial charge in [0.1, 0.15) is 6.10 Å². The highest BCUT2D eigenvalue weighted by Crippen LogP contribution is 2.52. The number of rotatable bonds is 5. The lowest BCUT2D eigenvalue weighted by molar-refractivity contribution is -0.0269. The zero-order valence-corrected chi connectivity index (χ0v) is 13.5. The van der Waals surface area contributed by atoms with Crippen LogP contribution in [0.1, 0.15) is 26.7 Å². The molecule has 3 atom stereocenters. The van der Waals surface area contributed by atoms with Gasteiger partial charge in [-0.15, -0.1) is 0 Å². The molecular formula is C15H21BrO3. The summed E-state index contributed by atoms with van der Waals surface area (Å²) in [5.74, 6) is 2.14. The molecule has 0 bridgehead atoms. The Bertz CT molecular complexity index is 427. The third-order valence-electron chi connectivity index (χ3n) is 4.28. The Morgan fingerprint density at radius 3 is 2.26 bits per heavy atom. The van der Waals surface area contributed by atoms with Crippen LogP contribution >= 0.6 is 15.9 Å². The minimum Gasteiger partial charge on any atom is -0.493 e. The minimum atomic E-state index is 0.159. The van der Waals surface area contributed by atoms with Gasteiger partial charge in [0.2, 0.25) is 5.75 Å². The summed E-state index contributed by atoms with van der Waals surface area (Å²) in [7, 11) is 3.30. The van der Waals surface area contributed by atoms with Crippen molar-refractivity contribution >= 4 is 15.9 Å². The summed E-state index contributed by atoms with van der Waals surface area (Å²) < 4.78 is 16.9. The van der Waals surface area contributed by atoms with Crippen LogP contribution in [0.5, 0.6) is 17.2 Å². The Morgan fingerprint density at radius 1 is 1.26 bits per heavy atom. The van der Waals surface area contributed by atoms with Gasteiger partial charge in [0.25, 0.3) is 0 Å². The van der Waals surface area contributed by atoms with Gasteiger partial charge in [0.15, 0.2) is 11.5 Å². The van der Waals surface area contributed by atoms with Gasteiger partial charge < -0.3 is 14.2 Å². The first-order valence-corrected chi connectivity index (χ1v) is 7.50. The summed E-state index contributed by atoms with van der Waals surface area (Å²) in [5.41, 5.74) is 0.159. The molecule has 0 aliphatic heterocycles. The van der Waals surface area contributed by atoms with Crippen LogP contribution in [0.4, 0.5) is 0 Å². The molecule has 0 radical (unpaired) electrons. The molecular weight excluding hydrogens is 308 g/mol. The van der Waals surface area contributed by atoms with Gasteiger partial charge in [0, 0.05) is 10.2 Å². The lowest BCUT2D eigenvalue weighted by atomic mass is 9.65. The number of hydrogen-bond donors (Lipinski definition) is 0. The molecule has 2 rings (SSSR count). The molecule has 1 aliphatic carbocycles. The molecule has 0 saturated heterocycles. The molecule has 1 aromatic rings. The van der Waals surface area contributed by atoms with Crippen molar-refractivity contribution in [3.8, 4) is 17.2 Å². The second kappa shape index (κ2) is 5.61. The highest BCUT2D eigenvalue weighted by atomic mass is 79.9. The molecule has 0 N–H and O–H groups in total. The number of para-hydroxylation sites is 1. The molecule has 1 saturated carbocycles. The maximum absolute atomic E-state index is 6.19. The van der Waals surface area contributed by atoms with Crippen LogP contribution < -0.4 is 14.2 Å². The Balaban J connectivity index is 2.24. The summed E-state index contributed by atoms with van der Waals surface area (Å²) in [4.78, 5) is 0.510. The van der Waals surface area contributed by atoms with E-state index in [4.69, 9.17) is 14.2 Å². The van der Waals surface area contributed by atoms with Crippen LogP contribution in [0.25, 0.3) is 0 Å². The molecule has 3 unspecified atom stereocenters. The molecule has 19 heavy (non-hydrogen) atoms. The van der Waals surface area contributed by atoms with E-state index in [9.17, 15) is 0 Å². The second-order valence-electron chi connectivity index (χ2n) is 5.16. The average Bonchev–Trinajstić information content (AvgIpc) is 2.45. The molecule has 106 valence electrons.